The van der Waals surface area contributed by atoms with Crippen molar-refractivity contribution in [3.8, 4) is 0 Å². The van der Waals surface area contributed by atoms with Crippen molar-refractivity contribution in [1.82, 2.24) is 20.4 Å². The van der Waals surface area contributed by atoms with Crippen LogP contribution in [0.5, 0.6) is 0 Å². The molecular formula is C17H22N6O2S. The van der Waals surface area contributed by atoms with E-state index in [1.807, 2.05) is 35.2 Å². The van der Waals surface area contributed by atoms with Gasteiger partial charge in [0.2, 0.25) is 16.9 Å². The minimum atomic E-state index is -0.387. The lowest BCUT2D eigenvalue weighted by Crippen LogP contribution is -2.44. The van der Waals surface area contributed by atoms with Gasteiger partial charge in [0.05, 0.1) is 6.54 Å². The standard InChI is InChI=1S/C17H22N6O2S/c18-15(25)12-6-8-23(9-7-12)10-13(24)20-14(11-4-2-1-3-5-11)16-21-22-17(19)26-16/h1-5,12,14H,6-10H2,(H2,18,25)(H2,19,22)(H,20,24)/t14-/m0/s1. The number of hydrogen-bond acceptors (Lipinski definition) is 7. The van der Waals surface area contributed by atoms with Crippen molar-refractivity contribution in [2.45, 2.75) is 18.9 Å². The Hall–Kier alpha value is -2.52. The summed E-state index contributed by atoms with van der Waals surface area (Å²) in [5.41, 5.74) is 12.0. The SMILES string of the molecule is NC(=O)C1CCN(CC(=O)N[C@@H](c2ccccc2)c2nnc(N)s2)CC1. The van der Waals surface area contributed by atoms with Gasteiger partial charge in [-0.3, -0.25) is 14.5 Å². The second-order valence-electron chi connectivity index (χ2n) is 6.34. The van der Waals surface area contributed by atoms with Crippen molar-refractivity contribution in [3.63, 3.8) is 0 Å². The molecule has 1 aliphatic heterocycles. The van der Waals surface area contributed by atoms with Crippen molar-refractivity contribution >= 4 is 28.3 Å². The van der Waals surface area contributed by atoms with Crippen molar-refractivity contribution in [2.24, 2.45) is 11.7 Å². The van der Waals surface area contributed by atoms with E-state index in [1.165, 1.54) is 11.3 Å². The Morgan fingerprint density at radius 1 is 1.23 bits per heavy atom. The Labute approximate surface area is 155 Å². The molecule has 0 radical (unpaired) electrons. The minimum Gasteiger partial charge on any atom is -0.374 e. The molecule has 8 nitrogen and oxygen atoms in total. The zero-order chi connectivity index (χ0) is 18.5. The van der Waals surface area contributed by atoms with Crippen LogP contribution in [-0.4, -0.2) is 46.5 Å². The third-order valence-electron chi connectivity index (χ3n) is 4.50. The predicted molar refractivity (Wildman–Crippen MR) is 99.1 cm³/mol. The van der Waals surface area contributed by atoms with E-state index in [0.717, 1.165) is 5.56 Å². The third kappa shape index (κ3) is 4.55. The van der Waals surface area contributed by atoms with Crippen LogP contribution in [0.25, 0.3) is 0 Å². The summed E-state index contributed by atoms with van der Waals surface area (Å²) >= 11 is 1.26. The lowest BCUT2D eigenvalue weighted by Gasteiger charge is -2.30. The summed E-state index contributed by atoms with van der Waals surface area (Å²) < 4.78 is 0. The fraction of sp³-hybridized carbons (Fsp3) is 0.412. The second kappa shape index (κ2) is 8.24. The lowest BCUT2D eigenvalue weighted by molar-refractivity contribution is -0.124. The number of benzene rings is 1. The number of nitrogens with two attached hydrogens (primary N) is 2. The van der Waals surface area contributed by atoms with Gasteiger partial charge in [0, 0.05) is 5.92 Å². The number of carbonyl (C=O) groups excluding carboxylic acids is 2. The average Bonchev–Trinajstić information content (AvgIpc) is 3.07. The molecule has 0 saturated carbocycles. The van der Waals surface area contributed by atoms with Crippen molar-refractivity contribution in [3.05, 3.63) is 40.9 Å². The van der Waals surface area contributed by atoms with Gasteiger partial charge in [0.15, 0.2) is 0 Å². The first-order valence-electron chi connectivity index (χ1n) is 8.48. The number of carbonyl (C=O) groups is 2. The maximum atomic E-state index is 12.6. The molecule has 0 spiro atoms. The average molecular weight is 374 g/mol. The quantitative estimate of drug-likeness (QED) is 0.676. The zero-order valence-electron chi connectivity index (χ0n) is 14.3. The fourth-order valence-corrected chi connectivity index (χ4v) is 3.77. The molecule has 2 heterocycles. The normalized spacial score (nSPS) is 16.9. The van der Waals surface area contributed by atoms with Crippen LogP contribution in [0.1, 0.15) is 29.5 Å². The van der Waals surface area contributed by atoms with Crippen LogP contribution < -0.4 is 16.8 Å². The molecule has 1 atom stereocenters. The van der Waals surface area contributed by atoms with Crippen LogP contribution in [0.3, 0.4) is 0 Å². The van der Waals surface area contributed by atoms with Gasteiger partial charge >= 0.3 is 0 Å². The topological polar surface area (TPSA) is 127 Å². The number of rotatable bonds is 6. The molecular weight excluding hydrogens is 352 g/mol. The number of primary amides is 1. The largest absolute Gasteiger partial charge is 0.374 e. The highest BCUT2D eigenvalue weighted by atomic mass is 32.1. The molecule has 0 unspecified atom stereocenters. The molecule has 1 saturated heterocycles. The first-order valence-corrected chi connectivity index (χ1v) is 9.29. The minimum absolute atomic E-state index is 0.0873. The first kappa shape index (κ1) is 18.3. The van der Waals surface area contributed by atoms with E-state index in [9.17, 15) is 9.59 Å². The molecule has 1 aliphatic rings. The summed E-state index contributed by atoms with van der Waals surface area (Å²) in [5, 5.41) is 12.0. The van der Waals surface area contributed by atoms with Crippen molar-refractivity contribution in [1.29, 1.82) is 0 Å². The van der Waals surface area contributed by atoms with Gasteiger partial charge in [0.25, 0.3) is 0 Å². The molecule has 9 heteroatoms. The highest BCUT2D eigenvalue weighted by molar-refractivity contribution is 7.15. The Bertz CT molecular complexity index is 758. The number of nitrogen functional groups attached to an aromatic ring is 1. The number of nitrogens with one attached hydrogen (secondary N) is 1. The van der Waals surface area contributed by atoms with E-state index in [0.29, 0.717) is 36.1 Å². The molecule has 3 rings (SSSR count). The monoisotopic (exact) mass is 374 g/mol. The molecule has 2 aromatic rings. The van der Waals surface area contributed by atoms with Gasteiger partial charge in [-0.25, -0.2) is 0 Å². The van der Waals surface area contributed by atoms with E-state index < -0.39 is 0 Å². The molecule has 26 heavy (non-hydrogen) atoms. The van der Waals surface area contributed by atoms with Crippen LogP contribution in [-0.2, 0) is 9.59 Å². The smallest absolute Gasteiger partial charge is 0.235 e. The van der Waals surface area contributed by atoms with Crippen LogP contribution in [0, 0.1) is 5.92 Å². The molecule has 138 valence electrons. The number of aromatic nitrogens is 2. The molecule has 1 aromatic heterocycles. The Morgan fingerprint density at radius 3 is 2.50 bits per heavy atom. The maximum absolute atomic E-state index is 12.6. The Balaban J connectivity index is 1.64. The van der Waals surface area contributed by atoms with Gasteiger partial charge in [0.1, 0.15) is 11.0 Å². The summed E-state index contributed by atoms with van der Waals surface area (Å²) in [6.45, 7) is 1.63. The molecule has 0 aliphatic carbocycles. The number of hydrogen-bond donors (Lipinski definition) is 3. The predicted octanol–water partition coefficient (Wildman–Crippen LogP) is 0.523. The maximum Gasteiger partial charge on any atom is 0.235 e. The molecule has 5 N–H and O–H groups in total. The van der Waals surface area contributed by atoms with E-state index in [4.69, 9.17) is 11.5 Å². The van der Waals surface area contributed by atoms with Gasteiger partial charge in [-0.2, -0.15) is 0 Å². The van der Waals surface area contributed by atoms with E-state index in [2.05, 4.69) is 15.5 Å². The highest BCUT2D eigenvalue weighted by Crippen LogP contribution is 2.26. The first-order chi connectivity index (χ1) is 12.5. The number of piperidine rings is 1. The summed E-state index contributed by atoms with van der Waals surface area (Å²) in [4.78, 5) is 25.9. The number of anilines is 1. The van der Waals surface area contributed by atoms with Crippen LogP contribution >= 0.6 is 11.3 Å². The van der Waals surface area contributed by atoms with E-state index >= 15 is 0 Å². The molecule has 0 bridgehead atoms. The summed E-state index contributed by atoms with van der Waals surface area (Å²) in [7, 11) is 0. The summed E-state index contributed by atoms with van der Waals surface area (Å²) in [6.07, 6.45) is 1.38. The summed E-state index contributed by atoms with van der Waals surface area (Å²) in [5.74, 6) is -0.451. The van der Waals surface area contributed by atoms with Crippen molar-refractivity contribution < 1.29 is 9.59 Å². The van der Waals surface area contributed by atoms with Gasteiger partial charge in [-0.05, 0) is 31.5 Å². The molecule has 1 aromatic carbocycles. The van der Waals surface area contributed by atoms with Gasteiger partial charge in [-0.1, -0.05) is 41.7 Å². The van der Waals surface area contributed by atoms with Crippen molar-refractivity contribution in [2.75, 3.05) is 25.4 Å². The Morgan fingerprint density at radius 2 is 1.92 bits per heavy atom. The molecule has 2 amide bonds. The third-order valence-corrected chi connectivity index (χ3v) is 5.32. The Kier molecular flexibility index (Phi) is 5.79. The van der Waals surface area contributed by atoms with Crippen LogP contribution in [0.15, 0.2) is 30.3 Å². The number of amides is 2. The summed E-state index contributed by atoms with van der Waals surface area (Å²) in [6, 6.07) is 9.21. The van der Waals surface area contributed by atoms with Crippen LogP contribution in [0.2, 0.25) is 0 Å². The fourth-order valence-electron chi connectivity index (χ4n) is 3.08. The lowest BCUT2D eigenvalue weighted by atomic mass is 9.96. The van der Waals surface area contributed by atoms with E-state index in [-0.39, 0.29) is 30.3 Å². The highest BCUT2D eigenvalue weighted by Gasteiger charge is 2.26. The second-order valence-corrected chi connectivity index (χ2v) is 7.38. The zero-order valence-corrected chi connectivity index (χ0v) is 15.1. The van der Waals surface area contributed by atoms with Crippen LogP contribution in [0.4, 0.5) is 5.13 Å². The number of nitrogens with zero attached hydrogens (tertiary/aromatic N) is 3. The van der Waals surface area contributed by atoms with E-state index in [1.54, 1.807) is 0 Å². The van der Waals surface area contributed by atoms with Gasteiger partial charge in [-0.15, -0.1) is 10.2 Å². The van der Waals surface area contributed by atoms with Gasteiger partial charge < -0.3 is 16.8 Å². The molecule has 1 fully saturated rings. The number of likely N-dealkylation sites (tertiary alicyclic amines) is 1.